The average Bonchev–Trinajstić information content (AvgIpc) is 2.35. The number of carbonyl (C=O) groups excluding carboxylic acids is 1. The highest BCUT2D eigenvalue weighted by Crippen LogP contribution is 2.08. The second-order valence-corrected chi connectivity index (χ2v) is 3.84. The molecule has 0 aromatic carbocycles. The Balaban J connectivity index is 2.27. The van der Waals surface area contributed by atoms with E-state index in [0.717, 1.165) is 13.0 Å². The summed E-state index contributed by atoms with van der Waals surface area (Å²) in [4.78, 5) is 13.1. The second kappa shape index (κ2) is 3.90. The van der Waals surface area contributed by atoms with Crippen LogP contribution in [0, 0.1) is 0 Å². The molecule has 1 atom stereocenters. The van der Waals surface area contributed by atoms with Crippen molar-refractivity contribution in [3.8, 4) is 0 Å². The maximum absolute atomic E-state index is 10.9. The molecule has 1 aliphatic heterocycles. The molecule has 0 saturated carbocycles. The standard InChI is InChI=1S/C9H18N2O/c1-7(2)11(3)6-8-4-5-9(12)10-8/h7-8H,4-6H2,1-3H3,(H,10,12)/t8-/m0/s1. The minimum Gasteiger partial charge on any atom is -0.352 e. The average molecular weight is 170 g/mol. The van der Waals surface area contributed by atoms with Crippen molar-refractivity contribution in [2.75, 3.05) is 13.6 Å². The van der Waals surface area contributed by atoms with Gasteiger partial charge in [0.15, 0.2) is 0 Å². The van der Waals surface area contributed by atoms with E-state index in [0.29, 0.717) is 18.5 Å². The van der Waals surface area contributed by atoms with Crippen molar-refractivity contribution in [1.82, 2.24) is 10.2 Å². The van der Waals surface area contributed by atoms with E-state index in [4.69, 9.17) is 0 Å². The van der Waals surface area contributed by atoms with Crippen LogP contribution in [-0.2, 0) is 4.79 Å². The van der Waals surface area contributed by atoms with E-state index < -0.39 is 0 Å². The molecule has 0 unspecified atom stereocenters. The highest BCUT2D eigenvalue weighted by Gasteiger charge is 2.22. The van der Waals surface area contributed by atoms with Crippen molar-refractivity contribution < 1.29 is 4.79 Å². The molecule has 0 bridgehead atoms. The number of amides is 1. The summed E-state index contributed by atoms with van der Waals surface area (Å²) in [5.74, 6) is 0.206. The lowest BCUT2D eigenvalue weighted by Crippen LogP contribution is -2.39. The largest absolute Gasteiger partial charge is 0.352 e. The maximum Gasteiger partial charge on any atom is 0.220 e. The molecular formula is C9H18N2O. The number of likely N-dealkylation sites (N-methyl/N-ethyl adjacent to an activating group) is 1. The Morgan fingerprint density at radius 3 is 2.75 bits per heavy atom. The predicted molar refractivity (Wildman–Crippen MR) is 48.9 cm³/mol. The molecule has 1 amide bonds. The number of hydrogen-bond donors (Lipinski definition) is 1. The van der Waals surface area contributed by atoms with Gasteiger partial charge in [0.25, 0.3) is 0 Å². The summed E-state index contributed by atoms with van der Waals surface area (Å²) in [7, 11) is 2.09. The quantitative estimate of drug-likeness (QED) is 0.673. The Hall–Kier alpha value is -0.570. The number of rotatable bonds is 3. The molecule has 0 aliphatic carbocycles. The van der Waals surface area contributed by atoms with Gasteiger partial charge in [0.05, 0.1) is 0 Å². The SMILES string of the molecule is CC(C)N(C)C[C@@H]1CCC(=O)N1. The van der Waals surface area contributed by atoms with Crippen molar-refractivity contribution in [3.63, 3.8) is 0 Å². The molecule has 3 heteroatoms. The van der Waals surface area contributed by atoms with E-state index in [-0.39, 0.29) is 5.91 Å². The predicted octanol–water partition coefficient (Wildman–Crippen LogP) is 0.605. The van der Waals surface area contributed by atoms with E-state index in [9.17, 15) is 4.79 Å². The van der Waals surface area contributed by atoms with E-state index in [2.05, 4.69) is 31.1 Å². The molecule has 0 aromatic heterocycles. The van der Waals surface area contributed by atoms with Gasteiger partial charge < -0.3 is 10.2 Å². The minimum atomic E-state index is 0.206. The fourth-order valence-corrected chi connectivity index (χ4v) is 1.37. The first kappa shape index (κ1) is 9.52. The van der Waals surface area contributed by atoms with Gasteiger partial charge in [-0.2, -0.15) is 0 Å². The first-order valence-corrected chi connectivity index (χ1v) is 4.59. The summed E-state index contributed by atoms with van der Waals surface area (Å²) in [5, 5.41) is 2.96. The van der Waals surface area contributed by atoms with Gasteiger partial charge in [0.2, 0.25) is 5.91 Å². The van der Waals surface area contributed by atoms with Crippen LogP contribution in [0.2, 0.25) is 0 Å². The molecule has 70 valence electrons. The zero-order valence-corrected chi connectivity index (χ0v) is 8.13. The van der Waals surface area contributed by atoms with Crippen LogP contribution in [0.25, 0.3) is 0 Å². The summed E-state index contributed by atoms with van der Waals surface area (Å²) in [6, 6.07) is 0.937. The third kappa shape index (κ3) is 2.48. The molecule has 1 saturated heterocycles. The lowest BCUT2D eigenvalue weighted by Gasteiger charge is -2.24. The van der Waals surface area contributed by atoms with E-state index in [1.165, 1.54) is 0 Å². The number of nitrogens with one attached hydrogen (secondary N) is 1. The van der Waals surface area contributed by atoms with Gasteiger partial charge in [-0.15, -0.1) is 0 Å². The molecule has 1 heterocycles. The summed E-state index contributed by atoms with van der Waals surface area (Å²) in [6.45, 7) is 5.30. The fraction of sp³-hybridized carbons (Fsp3) is 0.889. The number of nitrogens with zero attached hydrogens (tertiary/aromatic N) is 1. The normalized spacial score (nSPS) is 23.8. The molecule has 0 radical (unpaired) electrons. The third-order valence-corrected chi connectivity index (χ3v) is 2.47. The second-order valence-electron chi connectivity index (χ2n) is 3.84. The lowest BCUT2D eigenvalue weighted by atomic mass is 10.2. The third-order valence-electron chi connectivity index (χ3n) is 2.47. The van der Waals surface area contributed by atoms with Crippen LogP contribution in [0.4, 0.5) is 0 Å². The van der Waals surface area contributed by atoms with Gasteiger partial charge in [0.1, 0.15) is 0 Å². The van der Waals surface area contributed by atoms with Crippen LogP contribution < -0.4 is 5.32 Å². The molecule has 1 aliphatic rings. The zero-order valence-electron chi connectivity index (χ0n) is 8.13. The van der Waals surface area contributed by atoms with Gasteiger partial charge in [-0.3, -0.25) is 4.79 Å². The van der Waals surface area contributed by atoms with Gasteiger partial charge in [-0.25, -0.2) is 0 Å². The Kier molecular flexibility index (Phi) is 3.09. The van der Waals surface area contributed by atoms with Crippen LogP contribution >= 0.6 is 0 Å². The van der Waals surface area contributed by atoms with E-state index >= 15 is 0 Å². The van der Waals surface area contributed by atoms with Gasteiger partial charge in [-0.05, 0) is 27.3 Å². The Bertz CT molecular complexity index is 168. The molecule has 0 aromatic rings. The van der Waals surface area contributed by atoms with Crippen molar-refractivity contribution in [2.24, 2.45) is 0 Å². The first-order chi connectivity index (χ1) is 5.59. The summed E-state index contributed by atoms with van der Waals surface area (Å²) in [6.07, 6.45) is 1.70. The van der Waals surface area contributed by atoms with Crippen LogP contribution in [0.3, 0.4) is 0 Å². The molecule has 0 spiro atoms. The smallest absolute Gasteiger partial charge is 0.220 e. The van der Waals surface area contributed by atoms with Crippen molar-refractivity contribution in [1.29, 1.82) is 0 Å². The van der Waals surface area contributed by atoms with Crippen molar-refractivity contribution in [3.05, 3.63) is 0 Å². The molecule has 1 rings (SSSR count). The maximum atomic E-state index is 10.9. The van der Waals surface area contributed by atoms with Crippen LogP contribution in [0.5, 0.6) is 0 Å². The fourth-order valence-electron chi connectivity index (χ4n) is 1.37. The summed E-state index contributed by atoms with van der Waals surface area (Å²) < 4.78 is 0. The topological polar surface area (TPSA) is 32.3 Å². The van der Waals surface area contributed by atoms with Crippen LogP contribution in [0.1, 0.15) is 26.7 Å². The van der Waals surface area contributed by atoms with E-state index in [1.807, 2.05) is 0 Å². The highest BCUT2D eigenvalue weighted by atomic mass is 16.1. The number of hydrogen-bond acceptors (Lipinski definition) is 2. The molecule has 1 N–H and O–H groups in total. The number of carbonyl (C=O) groups is 1. The zero-order chi connectivity index (χ0) is 9.14. The Labute approximate surface area is 74.1 Å². The minimum absolute atomic E-state index is 0.206. The van der Waals surface area contributed by atoms with E-state index in [1.54, 1.807) is 0 Å². The molecule has 12 heavy (non-hydrogen) atoms. The van der Waals surface area contributed by atoms with Gasteiger partial charge in [-0.1, -0.05) is 0 Å². The van der Waals surface area contributed by atoms with Crippen molar-refractivity contribution in [2.45, 2.75) is 38.8 Å². The molecule has 1 fully saturated rings. The highest BCUT2D eigenvalue weighted by molar-refractivity contribution is 5.78. The van der Waals surface area contributed by atoms with Crippen molar-refractivity contribution >= 4 is 5.91 Å². The summed E-state index contributed by atoms with van der Waals surface area (Å²) >= 11 is 0. The van der Waals surface area contributed by atoms with Gasteiger partial charge in [0, 0.05) is 25.0 Å². The van der Waals surface area contributed by atoms with Gasteiger partial charge >= 0.3 is 0 Å². The molecular weight excluding hydrogens is 152 g/mol. The Morgan fingerprint density at radius 1 is 1.67 bits per heavy atom. The summed E-state index contributed by atoms with van der Waals surface area (Å²) in [5.41, 5.74) is 0. The Morgan fingerprint density at radius 2 is 2.33 bits per heavy atom. The molecule has 3 nitrogen and oxygen atoms in total. The lowest BCUT2D eigenvalue weighted by molar-refractivity contribution is -0.119. The van der Waals surface area contributed by atoms with Crippen LogP contribution in [-0.4, -0.2) is 36.5 Å². The van der Waals surface area contributed by atoms with Crippen LogP contribution in [0.15, 0.2) is 0 Å². The monoisotopic (exact) mass is 170 g/mol. The first-order valence-electron chi connectivity index (χ1n) is 4.59.